The molecule has 3 nitrogen and oxygen atoms in total. The fourth-order valence-corrected chi connectivity index (χ4v) is 3.54. The summed E-state index contributed by atoms with van der Waals surface area (Å²) in [4.78, 5) is 5.87. The van der Waals surface area contributed by atoms with Crippen molar-refractivity contribution in [1.29, 1.82) is 0 Å². The number of aryl methyl sites for hydroxylation is 2. The fraction of sp³-hybridized carbons (Fsp3) is 0.769. The van der Waals surface area contributed by atoms with E-state index in [0.717, 1.165) is 30.8 Å². The van der Waals surface area contributed by atoms with Gasteiger partial charge in [-0.05, 0) is 39.5 Å². The number of nitrogens with one attached hydrogen (secondary N) is 1. The van der Waals surface area contributed by atoms with Gasteiger partial charge in [0.15, 0.2) is 0 Å². The van der Waals surface area contributed by atoms with Gasteiger partial charge in [0.05, 0.1) is 16.8 Å². The van der Waals surface area contributed by atoms with Crippen molar-refractivity contribution in [3.05, 3.63) is 15.6 Å². The molecule has 2 N–H and O–H groups in total. The number of rotatable bonds is 4. The van der Waals surface area contributed by atoms with Crippen LogP contribution in [0, 0.1) is 19.8 Å². The lowest BCUT2D eigenvalue weighted by molar-refractivity contribution is 0.130. The van der Waals surface area contributed by atoms with Crippen LogP contribution in [0.5, 0.6) is 0 Å². The first kappa shape index (κ1) is 13.0. The highest BCUT2D eigenvalue weighted by molar-refractivity contribution is 7.11. The van der Waals surface area contributed by atoms with Gasteiger partial charge in [-0.25, -0.2) is 4.98 Å². The van der Waals surface area contributed by atoms with Crippen LogP contribution in [0.15, 0.2) is 0 Å². The summed E-state index contributed by atoms with van der Waals surface area (Å²) in [6.07, 6.45) is 3.18. The minimum absolute atomic E-state index is 0.104. The summed E-state index contributed by atoms with van der Waals surface area (Å²) < 4.78 is 0. The molecule has 1 fully saturated rings. The number of aliphatic hydroxyl groups excluding tert-OH is 1. The van der Waals surface area contributed by atoms with E-state index in [4.69, 9.17) is 0 Å². The van der Waals surface area contributed by atoms with Gasteiger partial charge in [-0.3, -0.25) is 0 Å². The molecule has 0 spiro atoms. The molecule has 0 radical (unpaired) electrons. The molecule has 96 valence electrons. The Hall–Kier alpha value is -0.450. The largest absolute Gasteiger partial charge is 0.393 e. The van der Waals surface area contributed by atoms with E-state index in [0.29, 0.717) is 5.92 Å². The minimum Gasteiger partial charge on any atom is -0.393 e. The number of thiazole rings is 1. The van der Waals surface area contributed by atoms with Crippen molar-refractivity contribution < 1.29 is 5.11 Å². The van der Waals surface area contributed by atoms with E-state index in [9.17, 15) is 5.11 Å². The van der Waals surface area contributed by atoms with Crippen LogP contribution >= 0.6 is 11.3 Å². The summed E-state index contributed by atoms with van der Waals surface area (Å²) >= 11 is 1.76. The molecule has 17 heavy (non-hydrogen) atoms. The third-order valence-electron chi connectivity index (χ3n) is 3.65. The Morgan fingerprint density at radius 2 is 2.24 bits per heavy atom. The van der Waals surface area contributed by atoms with Crippen molar-refractivity contribution in [3.8, 4) is 0 Å². The molecule has 1 aromatic heterocycles. The molecule has 0 aromatic carbocycles. The average molecular weight is 254 g/mol. The summed E-state index contributed by atoms with van der Waals surface area (Å²) in [5, 5.41) is 14.4. The lowest BCUT2D eigenvalue weighted by Gasteiger charge is -2.19. The molecule has 4 heteroatoms. The maximum Gasteiger partial charge on any atom is 0.0900 e. The molecule has 1 saturated carbocycles. The van der Waals surface area contributed by atoms with Crippen LogP contribution in [0.2, 0.25) is 0 Å². The summed E-state index contributed by atoms with van der Waals surface area (Å²) in [7, 11) is 0. The highest BCUT2D eigenvalue weighted by atomic mass is 32.1. The van der Waals surface area contributed by atoms with Gasteiger partial charge in [0.25, 0.3) is 0 Å². The van der Waals surface area contributed by atoms with Gasteiger partial charge in [-0.2, -0.15) is 0 Å². The SMILES string of the molecule is Cc1nc(C(C)NCC2CCCC2O)c(C)s1. The number of aliphatic hydroxyl groups is 1. The zero-order valence-electron chi connectivity index (χ0n) is 10.9. The highest BCUT2D eigenvalue weighted by Gasteiger charge is 2.25. The predicted molar refractivity (Wildman–Crippen MR) is 71.4 cm³/mol. The van der Waals surface area contributed by atoms with Gasteiger partial charge in [0, 0.05) is 17.5 Å². The molecule has 2 rings (SSSR count). The van der Waals surface area contributed by atoms with Crippen LogP contribution in [0.25, 0.3) is 0 Å². The quantitative estimate of drug-likeness (QED) is 0.868. The van der Waals surface area contributed by atoms with Crippen LogP contribution in [-0.2, 0) is 0 Å². The van der Waals surface area contributed by atoms with E-state index >= 15 is 0 Å². The molecular weight excluding hydrogens is 232 g/mol. The highest BCUT2D eigenvalue weighted by Crippen LogP contribution is 2.26. The first-order valence-electron chi connectivity index (χ1n) is 6.43. The number of hydrogen-bond donors (Lipinski definition) is 2. The van der Waals surface area contributed by atoms with Crippen molar-refractivity contribution in [3.63, 3.8) is 0 Å². The third kappa shape index (κ3) is 3.06. The van der Waals surface area contributed by atoms with Crippen molar-refractivity contribution in [2.75, 3.05) is 6.54 Å². The second kappa shape index (κ2) is 5.46. The lowest BCUT2D eigenvalue weighted by Crippen LogP contribution is -2.30. The summed E-state index contributed by atoms with van der Waals surface area (Å²) in [5.74, 6) is 0.428. The van der Waals surface area contributed by atoms with Crippen LogP contribution in [0.1, 0.15) is 47.8 Å². The van der Waals surface area contributed by atoms with E-state index < -0.39 is 0 Å². The molecule has 3 atom stereocenters. The maximum absolute atomic E-state index is 9.78. The van der Waals surface area contributed by atoms with Gasteiger partial charge in [-0.15, -0.1) is 11.3 Å². The first-order chi connectivity index (χ1) is 8.08. The lowest BCUT2D eigenvalue weighted by atomic mass is 10.1. The molecule has 0 amide bonds. The molecular formula is C13H22N2OS. The topological polar surface area (TPSA) is 45.2 Å². The van der Waals surface area contributed by atoms with E-state index in [1.807, 2.05) is 0 Å². The second-order valence-corrected chi connectivity index (χ2v) is 6.47. The Balaban J connectivity index is 1.88. The van der Waals surface area contributed by atoms with Gasteiger partial charge >= 0.3 is 0 Å². The summed E-state index contributed by atoms with van der Waals surface area (Å²) in [6.45, 7) is 7.23. The zero-order valence-corrected chi connectivity index (χ0v) is 11.7. The Morgan fingerprint density at radius 3 is 2.76 bits per heavy atom. The monoisotopic (exact) mass is 254 g/mol. The molecule has 3 unspecified atom stereocenters. The van der Waals surface area contributed by atoms with Crippen LogP contribution in [-0.4, -0.2) is 22.7 Å². The smallest absolute Gasteiger partial charge is 0.0900 e. The van der Waals surface area contributed by atoms with Crippen LogP contribution < -0.4 is 5.32 Å². The molecule has 1 aromatic rings. The van der Waals surface area contributed by atoms with Gasteiger partial charge < -0.3 is 10.4 Å². The van der Waals surface area contributed by atoms with E-state index in [1.165, 1.54) is 10.6 Å². The van der Waals surface area contributed by atoms with E-state index in [1.54, 1.807) is 11.3 Å². The fourth-order valence-electron chi connectivity index (χ4n) is 2.63. The van der Waals surface area contributed by atoms with Crippen molar-refractivity contribution in [2.45, 2.75) is 52.2 Å². The molecule has 1 aliphatic carbocycles. The summed E-state index contributed by atoms with van der Waals surface area (Å²) in [6, 6.07) is 0.285. The summed E-state index contributed by atoms with van der Waals surface area (Å²) in [5.41, 5.74) is 1.17. The number of hydrogen-bond acceptors (Lipinski definition) is 4. The maximum atomic E-state index is 9.78. The van der Waals surface area contributed by atoms with E-state index in [2.05, 4.69) is 31.1 Å². The zero-order chi connectivity index (χ0) is 12.4. The first-order valence-corrected chi connectivity index (χ1v) is 7.25. The molecule has 0 bridgehead atoms. The Kier molecular flexibility index (Phi) is 4.17. The number of nitrogens with zero attached hydrogens (tertiary/aromatic N) is 1. The van der Waals surface area contributed by atoms with Gasteiger partial charge in [0.2, 0.25) is 0 Å². The minimum atomic E-state index is -0.104. The van der Waals surface area contributed by atoms with Crippen LogP contribution in [0.4, 0.5) is 0 Å². The Morgan fingerprint density at radius 1 is 1.47 bits per heavy atom. The number of aromatic nitrogens is 1. The molecule has 0 aliphatic heterocycles. The molecule has 1 aliphatic rings. The van der Waals surface area contributed by atoms with E-state index in [-0.39, 0.29) is 12.1 Å². The Bertz CT molecular complexity index is 377. The Labute approximate surface area is 107 Å². The van der Waals surface area contributed by atoms with Crippen molar-refractivity contribution in [1.82, 2.24) is 10.3 Å². The normalized spacial score (nSPS) is 26.4. The third-order valence-corrected chi connectivity index (χ3v) is 4.56. The van der Waals surface area contributed by atoms with Crippen LogP contribution in [0.3, 0.4) is 0 Å². The van der Waals surface area contributed by atoms with Gasteiger partial charge in [0.1, 0.15) is 0 Å². The average Bonchev–Trinajstić information content (AvgIpc) is 2.81. The van der Waals surface area contributed by atoms with Gasteiger partial charge in [-0.1, -0.05) is 6.42 Å². The standard InChI is InChI=1S/C13H22N2OS/c1-8(13-9(2)17-10(3)15-13)14-7-11-5-4-6-12(11)16/h8,11-12,14,16H,4-7H2,1-3H3. The van der Waals surface area contributed by atoms with Crippen molar-refractivity contribution >= 4 is 11.3 Å². The molecule has 0 saturated heterocycles. The second-order valence-electron chi connectivity index (χ2n) is 5.06. The predicted octanol–water partition coefficient (Wildman–Crippen LogP) is 2.57. The van der Waals surface area contributed by atoms with Crippen molar-refractivity contribution in [2.24, 2.45) is 5.92 Å². The molecule has 1 heterocycles.